The Kier molecular flexibility index (Phi) is 4.10. The van der Waals surface area contributed by atoms with Crippen LogP contribution in [0.2, 0.25) is 0 Å². The molecule has 4 nitrogen and oxygen atoms in total. The molecule has 1 aromatic heterocycles. The van der Waals surface area contributed by atoms with Crippen LogP contribution in [0.5, 0.6) is 5.75 Å². The number of ether oxygens (including phenoxy) is 1. The lowest BCUT2D eigenvalue weighted by atomic mass is 9.95. The summed E-state index contributed by atoms with van der Waals surface area (Å²) in [5, 5.41) is 9.71. The first-order valence-corrected chi connectivity index (χ1v) is 7.76. The van der Waals surface area contributed by atoms with Gasteiger partial charge in [-0.3, -0.25) is 0 Å². The van der Waals surface area contributed by atoms with Crippen molar-refractivity contribution in [3.63, 3.8) is 0 Å². The summed E-state index contributed by atoms with van der Waals surface area (Å²) in [4.78, 5) is 15.0. The summed E-state index contributed by atoms with van der Waals surface area (Å²) in [6, 6.07) is 11.5. The van der Waals surface area contributed by atoms with Crippen LogP contribution in [-0.4, -0.2) is 28.4 Å². The molecule has 1 unspecified atom stereocenters. The largest absolute Gasteiger partial charge is 0.493 e. The van der Waals surface area contributed by atoms with E-state index in [1.54, 1.807) is 23.9 Å². The van der Waals surface area contributed by atoms with Crippen molar-refractivity contribution in [1.82, 2.24) is 4.98 Å². The SMILES string of the molecule is O=C(O)c1ccc(SCC2CCOc3ccccc32)nc1. The van der Waals surface area contributed by atoms with Gasteiger partial charge < -0.3 is 9.84 Å². The molecule has 2 aromatic rings. The molecule has 1 N–H and O–H groups in total. The molecule has 0 radical (unpaired) electrons. The molecule has 0 spiro atoms. The number of carbonyl (C=O) groups is 1. The van der Waals surface area contributed by atoms with Crippen molar-refractivity contribution in [1.29, 1.82) is 0 Å². The Hall–Kier alpha value is -2.01. The lowest BCUT2D eigenvalue weighted by Crippen LogP contribution is -2.15. The highest BCUT2D eigenvalue weighted by molar-refractivity contribution is 7.99. The standard InChI is InChI=1S/C16H15NO3S/c18-16(19)11-5-6-15(17-9-11)21-10-12-7-8-20-14-4-2-1-3-13(12)14/h1-6,9,12H,7-8,10H2,(H,18,19). The zero-order valence-corrected chi connectivity index (χ0v) is 12.2. The first kappa shape index (κ1) is 13.9. The highest BCUT2D eigenvalue weighted by atomic mass is 32.2. The lowest BCUT2D eigenvalue weighted by Gasteiger charge is -2.25. The second-order valence-corrected chi connectivity index (χ2v) is 5.91. The molecule has 21 heavy (non-hydrogen) atoms. The van der Waals surface area contributed by atoms with Gasteiger partial charge in [-0.05, 0) is 30.2 Å². The van der Waals surface area contributed by atoms with Crippen LogP contribution in [-0.2, 0) is 0 Å². The number of aromatic carboxylic acids is 1. The summed E-state index contributed by atoms with van der Waals surface area (Å²) in [5.41, 5.74) is 1.47. The van der Waals surface area contributed by atoms with Gasteiger partial charge in [0.1, 0.15) is 5.75 Å². The predicted molar refractivity (Wildman–Crippen MR) is 81.2 cm³/mol. The van der Waals surface area contributed by atoms with E-state index in [-0.39, 0.29) is 5.56 Å². The summed E-state index contributed by atoms with van der Waals surface area (Å²) in [5.74, 6) is 1.39. The minimum absolute atomic E-state index is 0.218. The fourth-order valence-electron chi connectivity index (χ4n) is 2.37. The Morgan fingerprint density at radius 3 is 2.95 bits per heavy atom. The van der Waals surface area contributed by atoms with E-state index in [4.69, 9.17) is 9.84 Å². The van der Waals surface area contributed by atoms with E-state index < -0.39 is 5.97 Å². The molecule has 1 aliphatic heterocycles. The van der Waals surface area contributed by atoms with Crippen molar-refractivity contribution in [3.8, 4) is 5.75 Å². The molecule has 0 saturated carbocycles. The van der Waals surface area contributed by atoms with Crippen molar-refractivity contribution in [2.75, 3.05) is 12.4 Å². The van der Waals surface area contributed by atoms with E-state index in [1.165, 1.54) is 11.8 Å². The van der Waals surface area contributed by atoms with Gasteiger partial charge in [-0.2, -0.15) is 0 Å². The highest BCUT2D eigenvalue weighted by Crippen LogP contribution is 2.36. The van der Waals surface area contributed by atoms with Gasteiger partial charge in [-0.15, -0.1) is 11.8 Å². The summed E-state index contributed by atoms with van der Waals surface area (Å²) in [6.45, 7) is 0.744. The summed E-state index contributed by atoms with van der Waals surface area (Å²) in [6.07, 6.45) is 2.40. The third-order valence-corrected chi connectivity index (χ3v) is 4.60. The minimum Gasteiger partial charge on any atom is -0.493 e. The molecule has 3 rings (SSSR count). The van der Waals surface area contributed by atoms with Crippen LogP contribution in [0.1, 0.15) is 28.3 Å². The van der Waals surface area contributed by atoms with Gasteiger partial charge >= 0.3 is 5.97 Å². The third kappa shape index (κ3) is 3.19. The molecule has 0 fully saturated rings. The lowest BCUT2D eigenvalue weighted by molar-refractivity contribution is 0.0696. The van der Waals surface area contributed by atoms with Crippen LogP contribution < -0.4 is 4.74 Å². The molecule has 0 bridgehead atoms. The number of carboxylic acid groups (broad SMARTS) is 1. The average Bonchev–Trinajstić information content (AvgIpc) is 2.53. The Labute approximate surface area is 127 Å². The smallest absolute Gasteiger partial charge is 0.337 e. The molecule has 0 saturated heterocycles. The maximum absolute atomic E-state index is 10.8. The molecule has 0 aliphatic carbocycles. The summed E-state index contributed by atoms with van der Waals surface area (Å²) < 4.78 is 5.66. The van der Waals surface area contributed by atoms with Crippen LogP contribution in [0.3, 0.4) is 0 Å². The number of pyridine rings is 1. The van der Waals surface area contributed by atoms with Crippen molar-refractivity contribution in [2.45, 2.75) is 17.4 Å². The number of hydrogen-bond acceptors (Lipinski definition) is 4. The first-order valence-electron chi connectivity index (χ1n) is 6.78. The zero-order valence-electron chi connectivity index (χ0n) is 11.4. The van der Waals surface area contributed by atoms with Crippen LogP contribution >= 0.6 is 11.8 Å². The van der Waals surface area contributed by atoms with Gasteiger partial charge in [0.15, 0.2) is 0 Å². The maximum Gasteiger partial charge on any atom is 0.337 e. The number of fused-ring (bicyclic) bond motifs is 1. The number of nitrogens with zero attached hydrogens (tertiary/aromatic N) is 1. The van der Waals surface area contributed by atoms with E-state index in [2.05, 4.69) is 11.1 Å². The van der Waals surface area contributed by atoms with Gasteiger partial charge in [-0.25, -0.2) is 9.78 Å². The molecular formula is C16H15NO3S. The molecular weight excluding hydrogens is 286 g/mol. The van der Waals surface area contributed by atoms with E-state index in [0.29, 0.717) is 5.92 Å². The summed E-state index contributed by atoms with van der Waals surface area (Å²) >= 11 is 1.65. The van der Waals surface area contributed by atoms with Gasteiger partial charge in [0.2, 0.25) is 0 Å². The molecule has 5 heteroatoms. The number of carboxylic acids is 1. The number of aromatic nitrogens is 1. The monoisotopic (exact) mass is 301 g/mol. The minimum atomic E-state index is -0.947. The Balaban J connectivity index is 1.67. The van der Waals surface area contributed by atoms with E-state index in [0.717, 1.165) is 29.6 Å². The maximum atomic E-state index is 10.8. The van der Waals surface area contributed by atoms with Crippen molar-refractivity contribution in [3.05, 3.63) is 53.7 Å². The second kappa shape index (κ2) is 6.18. The Morgan fingerprint density at radius 1 is 1.33 bits per heavy atom. The average molecular weight is 301 g/mol. The molecule has 0 amide bonds. The van der Waals surface area contributed by atoms with Crippen molar-refractivity contribution in [2.24, 2.45) is 0 Å². The topological polar surface area (TPSA) is 59.4 Å². The van der Waals surface area contributed by atoms with Gasteiger partial charge in [-0.1, -0.05) is 18.2 Å². The van der Waals surface area contributed by atoms with Gasteiger partial charge in [0.25, 0.3) is 0 Å². The van der Waals surface area contributed by atoms with Gasteiger partial charge in [0.05, 0.1) is 17.2 Å². The fraction of sp³-hybridized carbons (Fsp3) is 0.250. The number of benzene rings is 1. The van der Waals surface area contributed by atoms with Crippen molar-refractivity contribution >= 4 is 17.7 Å². The van der Waals surface area contributed by atoms with Crippen LogP contribution in [0, 0.1) is 0 Å². The van der Waals surface area contributed by atoms with Gasteiger partial charge in [0, 0.05) is 17.9 Å². The summed E-state index contributed by atoms with van der Waals surface area (Å²) in [7, 11) is 0. The Morgan fingerprint density at radius 2 is 2.19 bits per heavy atom. The first-order chi connectivity index (χ1) is 10.2. The second-order valence-electron chi connectivity index (χ2n) is 4.87. The molecule has 108 valence electrons. The number of rotatable bonds is 4. The Bertz CT molecular complexity index is 642. The molecule has 1 atom stereocenters. The number of thioether (sulfide) groups is 1. The van der Waals surface area contributed by atoms with Crippen LogP contribution in [0.4, 0.5) is 0 Å². The zero-order chi connectivity index (χ0) is 14.7. The van der Waals surface area contributed by atoms with E-state index in [9.17, 15) is 4.79 Å². The van der Waals surface area contributed by atoms with Crippen molar-refractivity contribution < 1.29 is 14.6 Å². The fourth-order valence-corrected chi connectivity index (χ4v) is 3.38. The molecule has 1 aliphatic rings. The number of hydrogen-bond donors (Lipinski definition) is 1. The van der Waals surface area contributed by atoms with Crippen LogP contribution in [0.25, 0.3) is 0 Å². The van der Waals surface area contributed by atoms with Crippen LogP contribution in [0.15, 0.2) is 47.6 Å². The molecule has 2 heterocycles. The number of para-hydroxylation sites is 1. The van der Waals surface area contributed by atoms with E-state index >= 15 is 0 Å². The van der Waals surface area contributed by atoms with E-state index in [1.807, 2.05) is 18.2 Å². The normalized spacial score (nSPS) is 16.9. The molecule has 1 aromatic carbocycles. The predicted octanol–water partition coefficient (Wildman–Crippen LogP) is 3.44. The third-order valence-electron chi connectivity index (χ3n) is 3.50. The highest BCUT2D eigenvalue weighted by Gasteiger charge is 2.21. The quantitative estimate of drug-likeness (QED) is 0.877.